The van der Waals surface area contributed by atoms with Crippen LogP contribution >= 0.6 is 0 Å². The maximum atomic E-state index is 11.3. The van der Waals surface area contributed by atoms with E-state index in [9.17, 15) is 14.9 Å². The average Bonchev–Trinajstić information content (AvgIpc) is 2.63. The van der Waals surface area contributed by atoms with Gasteiger partial charge >= 0.3 is 5.88 Å². The summed E-state index contributed by atoms with van der Waals surface area (Å²) in [5.74, 6) is 5.00. The molecule has 1 aromatic heterocycles. The summed E-state index contributed by atoms with van der Waals surface area (Å²) in [5.41, 5.74) is 2.23. The van der Waals surface area contributed by atoms with Crippen molar-refractivity contribution in [2.45, 2.75) is 0 Å². The molecule has 0 fully saturated rings. The Hall–Kier alpha value is -2.26. The van der Waals surface area contributed by atoms with E-state index in [0.717, 1.165) is 0 Å². The zero-order valence-electron chi connectivity index (χ0n) is 9.99. The number of rotatable bonds is 5. The van der Waals surface area contributed by atoms with Crippen LogP contribution in [0.4, 0.5) is 5.88 Å². The SMILES string of the molecule is C[N+](C)(N)CC(=O)N/N=C/c1ccc([N+](=O)[O-])o1. The second-order valence-electron chi connectivity index (χ2n) is 4.16. The molecular formula is C9H14N5O4+. The lowest BCUT2D eigenvalue weighted by Crippen LogP contribution is -2.52. The molecule has 3 N–H and O–H groups in total. The van der Waals surface area contributed by atoms with E-state index in [4.69, 9.17) is 10.3 Å². The monoisotopic (exact) mass is 256 g/mol. The zero-order chi connectivity index (χ0) is 13.8. The fraction of sp³-hybridized carbons (Fsp3) is 0.333. The minimum atomic E-state index is -0.662. The van der Waals surface area contributed by atoms with Crippen molar-refractivity contribution in [2.75, 3.05) is 20.6 Å². The predicted octanol–water partition coefficient (Wildman–Crippen LogP) is -0.412. The van der Waals surface area contributed by atoms with Crippen molar-refractivity contribution < 1.29 is 18.7 Å². The topological polar surface area (TPSA) is 124 Å². The molecule has 9 heteroatoms. The van der Waals surface area contributed by atoms with Crippen LogP contribution in [0.2, 0.25) is 0 Å². The summed E-state index contributed by atoms with van der Waals surface area (Å²) in [6, 6.07) is 2.57. The van der Waals surface area contributed by atoms with E-state index >= 15 is 0 Å². The number of carbonyl (C=O) groups excluding carboxylic acids is 1. The normalized spacial score (nSPS) is 11.7. The summed E-state index contributed by atoms with van der Waals surface area (Å²) >= 11 is 0. The van der Waals surface area contributed by atoms with E-state index in [0.29, 0.717) is 0 Å². The number of nitrogens with zero attached hydrogens (tertiary/aromatic N) is 3. The first-order valence-electron chi connectivity index (χ1n) is 4.95. The fourth-order valence-electron chi connectivity index (χ4n) is 1.08. The lowest BCUT2D eigenvalue weighted by molar-refractivity contribution is -0.894. The van der Waals surface area contributed by atoms with Gasteiger partial charge in [-0.25, -0.2) is 10.0 Å². The molecule has 0 aliphatic heterocycles. The van der Waals surface area contributed by atoms with Crippen LogP contribution in [0.3, 0.4) is 0 Å². The van der Waals surface area contributed by atoms with E-state index in [1.54, 1.807) is 14.1 Å². The Labute approximate surface area is 103 Å². The molecule has 0 atom stereocenters. The molecule has 0 saturated carbocycles. The highest BCUT2D eigenvalue weighted by molar-refractivity contribution is 5.81. The summed E-state index contributed by atoms with van der Waals surface area (Å²) in [6.45, 7) is 0.0512. The summed E-state index contributed by atoms with van der Waals surface area (Å²) in [7, 11) is 3.30. The number of furan rings is 1. The molecule has 1 rings (SSSR count). The number of hydrogen-bond donors (Lipinski definition) is 2. The third kappa shape index (κ3) is 4.72. The fourth-order valence-corrected chi connectivity index (χ4v) is 1.08. The van der Waals surface area contributed by atoms with Gasteiger partial charge in [0.1, 0.15) is 4.92 Å². The Morgan fingerprint density at radius 1 is 1.67 bits per heavy atom. The van der Waals surface area contributed by atoms with E-state index in [2.05, 4.69) is 10.5 Å². The van der Waals surface area contributed by atoms with Crippen molar-refractivity contribution in [1.29, 1.82) is 0 Å². The highest BCUT2D eigenvalue weighted by Crippen LogP contribution is 2.13. The molecule has 0 saturated heterocycles. The maximum absolute atomic E-state index is 11.3. The zero-order valence-corrected chi connectivity index (χ0v) is 9.99. The second-order valence-corrected chi connectivity index (χ2v) is 4.16. The molecule has 98 valence electrons. The molecule has 1 heterocycles. The van der Waals surface area contributed by atoms with Gasteiger partial charge in [0.2, 0.25) is 0 Å². The molecule has 1 aromatic rings. The van der Waals surface area contributed by atoms with Crippen LogP contribution in [0.1, 0.15) is 5.76 Å². The van der Waals surface area contributed by atoms with Crippen molar-refractivity contribution in [1.82, 2.24) is 5.43 Å². The van der Waals surface area contributed by atoms with Crippen LogP contribution < -0.4 is 11.3 Å². The Kier molecular flexibility index (Phi) is 4.13. The molecule has 0 spiro atoms. The summed E-state index contributed by atoms with van der Waals surface area (Å²) < 4.78 is 4.78. The van der Waals surface area contributed by atoms with Gasteiger partial charge in [0.25, 0.3) is 5.91 Å². The number of likely N-dealkylation sites (N-methyl/N-ethyl adjacent to an activating group) is 1. The van der Waals surface area contributed by atoms with Crippen LogP contribution in [0.15, 0.2) is 21.7 Å². The van der Waals surface area contributed by atoms with E-state index in [1.807, 2.05) is 0 Å². The largest absolute Gasteiger partial charge is 0.433 e. The lowest BCUT2D eigenvalue weighted by atomic mass is 10.5. The van der Waals surface area contributed by atoms with Crippen LogP contribution in [-0.4, -0.2) is 42.3 Å². The summed E-state index contributed by atoms with van der Waals surface area (Å²) in [6.07, 6.45) is 1.17. The Balaban J connectivity index is 2.49. The first kappa shape index (κ1) is 13.8. The standard InChI is InChI=1S/C9H13N5O4/c1-14(2,10)6-8(15)12-11-5-7-3-4-9(18-7)13(16)17/h3-5H,6,10H2,1-2H3/p+1/b11-5+. The highest BCUT2D eigenvalue weighted by Gasteiger charge is 2.14. The molecule has 0 aliphatic carbocycles. The molecule has 0 unspecified atom stereocenters. The summed E-state index contributed by atoms with van der Waals surface area (Å²) in [4.78, 5) is 21.0. The lowest BCUT2D eigenvalue weighted by Gasteiger charge is -2.20. The molecule has 0 bridgehead atoms. The number of amides is 1. The maximum Gasteiger partial charge on any atom is 0.433 e. The Morgan fingerprint density at radius 3 is 2.83 bits per heavy atom. The van der Waals surface area contributed by atoms with Gasteiger partial charge in [0, 0.05) is 0 Å². The van der Waals surface area contributed by atoms with Gasteiger partial charge in [-0.15, -0.1) is 0 Å². The molecule has 0 aliphatic rings. The number of nitro groups is 1. The van der Waals surface area contributed by atoms with Gasteiger partial charge in [0.05, 0.1) is 26.4 Å². The third-order valence-corrected chi connectivity index (χ3v) is 1.72. The van der Waals surface area contributed by atoms with Gasteiger partial charge < -0.3 is 4.42 Å². The first-order chi connectivity index (χ1) is 8.28. The molecular weight excluding hydrogens is 242 g/mol. The van der Waals surface area contributed by atoms with Gasteiger partial charge in [-0.2, -0.15) is 10.9 Å². The molecule has 0 radical (unpaired) electrons. The molecule has 18 heavy (non-hydrogen) atoms. The second kappa shape index (κ2) is 5.38. The number of carbonyl (C=O) groups is 1. The van der Waals surface area contributed by atoms with Gasteiger partial charge in [-0.1, -0.05) is 0 Å². The smallest absolute Gasteiger partial charge is 0.400 e. The number of hydrazone groups is 1. The van der Waals surface area contributed by atoms with Gasteiger partial charge in [-0.05, 0) is 6.07 Å². The Bertz CT molecular complexity index is 474. The van der Waals surface area contributed by atoms with E-state index in [1.165, 1.54) is 18.3 Å². The van der Waals surface area contributed by atoms with Gasteiger partial charge in [0.15, 0.2) is 12.3 Å². The average molecular weight is 256 g/mol. The Morgan fingerprint density at radius 2 is 2.33 bits per heavy atom. The van der Waals surface area contributed by atoms with Crippen molar-refractivity contribution >= 4 is 18.0 Å². The number of quaternary nitrogens is 1. The van der Waals surface area contributed by atoms with Crippen molar-refractivity contribution in [2.24, 2.45) is 10.9 Å². The van der Waals surface area contributed by atoms with E-state index in [-0.39, 0.29) is 28.7 Å². The van der Waals surface area contributed by atoms with Crippen LogP contribution in [0.5, 0.6) is 0 Å². The predicted molar refractivity (Wildman–Crippen MR) is 62.3 cm³/mol. The quantitative estimate of drug-likeness (QED) is 0.243. The van der Waals surface area contributed by atoms with Crippen molar-refractivity contribution in [3.8, 4) is 0 Å². The van der Waals surface area contributed by atoms with E-state index < -0.39 is 4.92 Å². The molecule has 0 aromatic carbocycles. The van der Waals surface area contributed by atoms with Crippen LogP contribution in [0, 0.1) is 10.1 Å². The van der Waals surface area contributed by atoms with Gasteiger partial charge in [-0.3, -0.25) is 14.9 Å². The van der Waals surface area contributed by atoms with Crippen molar-refractivity contribution in [3.05, 3.63) is 28.0 Å². The minimum absolute atomic E-state index is 0.0203. The first-order valence-corrected chi connectivity index (χ1v) is 4.95. The van der Waals surface area contributed by atoms with Crippen LogP contribution in [-0.2, 0) is 4.79 Å². The number of nitrogens with one attached hydrogen (secondary N) is 1. The van der Waals surface area contributed by atoms with Crippen molar-refractivity contribution in [3.63, 3.8) is 0 Å². The number of hydrogen-bond acceptors (Lipinski definition) is 6. The summed E-state index contributed by atoms with van der Waals surface area (Å²) in [5, 5.41) is 13.9. The third-order valence-electron chi connectivity index (χ3n) is 1.72. The molecule has 9 nitrogen and oxygen atoms in total. The van der Waals surface area contributed by atoms with Crippen LogP contribution in [0.25, 0.3) is 0 Å². The number of nitrogens with two attached hydrogens (primary N) is 1. The highest BCUT2D eigenvalue weighted by atomic mass is 16.6. The minimum Gasteiger partial charge on any atom is -0.400 e. The molecule has 1 amide bonds.